The van der Waals surface area contributed by atoms with Gasteiger partial charge in [0.05, 0.1) is 0 Å². The molecule has 2 N–H and O–H groups in total. The minimum absolute atomic E-state index is 0.478. The van der Waals surface area contributed by atoms with Crippen LogP contribution in [0, 0.1) is 0 Å². The van der Waals surface area contributed by atoms with Crippen molar-refractivity contribution in [3.8, 4) is 0 Å². The normalized spacial score (nSPS) is 22.4. The average molecular weight is 184 g/mol. The molecular formula is C11H24N2. The Labute approximate surface area is 82.5 Å². The Morgan fingerprint density at radius 3 is 2.54 bits per heavy atom. The lowest BCUT2D eigenvalue weighted by atomic mass is 9.78. The molecule has 2 nitrogen and oxygen atoms in total. The molecule has 13 heavy (non-hydrogen) atoms. The maximum Gasteiger partial charge on any atom is 0.0153 e. The summed E-state index contributed by atoms with van der Waals surface area (Å²) in [6.45, 7) is 9.00. The Morgan fingerprint density at radius 2 is 2.08 bits per heavy atom. The quantitative estimate of drug-likeness (QED) is 0.659. The molecule has 0 heterocycles. The average Bonchev–Trinajstić information content (AvgIpc) is 2.02. The van der Waals surface area contributed by atoms with Crippen molar-refractivity contribution >= 4 is 0 Å². The van der Waals surface area contributed by atoms with Crippen LogP contribution in [-0.4, -0.2) is 24.7 Å². The Bertz CT molecular complexity index is 141. The molecule has 0 aromatic rings. The number of hydrogen-bond acceptors (Lipinski definition) is 2. The molecule has 1 aliphatic carbocycles. The molecule has 2 heteroatoms. The number of nitrogens with one attached hydrogen (secondary N) is 2. The van der Waals surface area contributed by atoms with E-state index in [-0.39, 0.29) is 0 Å². The largest absolute Gasteiger partial charge is 0.314 e. The van der Waals surface area contributed by atoms with Crippen molar-refractivity contribution in [2.45, 2.75) is 58.0 Å². The van der Waals surface area contributed by atoms with Crippen molar-refractivity contribution < 1.29 is 0 Å². The monoisotopic (exact) mass is 184 g/mol. The molecule has 0 amide bonds. The van der Waals surface area contributed by atoms with Gasteiger partial charge in [-0.15, -0.1) is 0 Å². The summed E-state index contributed by atoms with van der Waals surface area (Å²) in [5.41, 5.74) is 0.478. The van der Waals surface area contributed by atoms with Gasteiger partial charge in [-0.2, -0.15) is 0 Å². The van der Waals surface area contributed by atoms with Gasteiger partial charge in [-0.3, -0.25) is 0 Å². The first-order valence-corrected chi connectivity index (χ1v) is 5.65. The third-order valence-corrected chi connectivity index (χ3v) is 3.14. The fraction of sp³-hybridized carbons (Fsp3) is 1.00. The van der Waals surface area contributed by atoms with Crippen molar-refractivity contribution in [3.05, 3.63) is 0 Å². The van der Waals surface area contributed by atoms with Crippen LogP contribution in [0.15, 0.2) is 0 Å². The van der Waals surface area contributed by atoms with Crippen LogP contribution < -0.4 is 10.6 Å². The van der Waals surface area contributed by atoms with Crippen LogP contribution >= 0.6 is 0 Å². The van der Waals surface area contributed by atoms with Crippen molar-refractivity contribution in [2.24, 2.45) is 0 Å². The van der Waals surface area contributed by atoms with E-state index in [1.54, 1.807) is 0 Å². The molecule has 0 aromatic heterocycles. The van der Waals surface area contributed by atoms with Crippen LogP contribution in [-0.2, 0) is 0 Å². The lowest BCUT2D eigenvalue weighted by molar-refractivity contribution is 0.206. The smallest absolute Gasteiger partial charge is 0.0153 e. The molecule has 78 valence electrons. The van der Waals surface area contributed by atoms with Gasteiger partial charge in [0, 0.05) is 11.6 Å². The zero-order valence-electron chi connectivity index (χ0n) is 9.32. The Hall–Kier alpha value is -0.0800. The molecule has 0 bridgehead atoms. The topological polar surface area (TPSA) is 24.1 Å². The molecule has 1 rings (SSSR count). The van der Waals surface area contributed by atoms with Crippen LogP contribution in [0.3, 0.4) is 0 Å². The van der Waals surface area contributed by atoms with E-state index in [1.807, 2.05) is 0 Å². The highest BCUT2D eigenvalue weighted by molar-refractivity contribution is 4.91. The summed E-state index contributed by atoms with van der Waals surface area (Å²) >= 11 is 0. The van der Waals surface area contributed by atoms with E-state index in [1.165, 1.54) is 25.7 Å². The highest BCUT2D eigenvalue weighted by Gasteiger charge is 2.30. The van der Waals surface area contributed by atoms with Gasteiger partial charge < -0.3 is 10.6 Å². The first-order chi connectivity index (χ1) is 6.16. The summed E-state index contributed by atoms with van der Waals surface area (Å²) in [5.74, 6) is 0. The maximum atomic E-state index is 3.64. The SMILES string of the molecule is CCNC(C)CCNC1(C)CCC1. The lowest BCUT2D eigenvalue weighted by Gasteiger charge is -2.39. The molecule has 1 saturated carbocycles. The second kappa shape index (κ2) is 4.97. The van der Waals surface area contributed by atoms with E-state index in [0.29, 0.717) is 11.6 Å². The van der Waals surface area contributed by atoms with E-state index in [0.717, 1.165) is 13.1 Å². The molecule has 0 spiro atoms. The molecule has 0 aromatic carbocycles. The van der Waals surface area contributed by atoms with Gasteiger partial charge in [0.2, 0.25) is 0 Å². The molecule has 1 atom stereocenters. The minimum atomic E-state index is 0.478. The Morgan fingerprint density at radius 1 is 1.38 bits per heavy atom. The van der Waals surface area contributed by atoms with Crippen LogP contribution in [0.1, 0.15) is 46.5 Å². The van der Waals surface area contributed by atoms with Gasteiger partial charge in [-0.05, 0) is 52.6 Å². The fourth-order valence-electron chi connectivity index (χ4n) is 1.92. The molecule has 1 unspecified atom stereocenters. The zero-order valence-corrected chi connectivity index (χ0v) is 9.32. The highest BCUT2D eigenvalue weighted by Crippen LogP contribution is 2.30. The molecule has 1 fully saturated rings. The van der Waals surface area contributed by atoms with Crippen LogP contribution in [0.5, 0.6) is 0 Å². The van der Waals surface area contributed by atoms with Crippen LogP contribution in [0.4, 0.5) is 0 Å². The van der Waals surface area contributed by atoms with Crippen molar-refractivity contribution in [2.75, 3.05) is 13.1 Å². The standard InChI is InChI=1S/C11H24N2/c1-4-12-10(2)6-9-13-11(3)7-5-8-11/h10,12-13H,4-9H2,1-3H3. The maximum absolute atomic E-state index is 3.64. The first-order valence-electron chi connectivity index (χ1n) is 5.65. The summed E-state index contributed by atoms with van der Waals surface area (Å²) in [7, 11) is 0. The summed E-state index contributed by atoms with van der Waals surface area (Å²) < 4.78 is 0. The molecule has 1 aliphatic rings. The number of rotatable bonds is 6. The molecular weight excluding hydrogens is 160 g/mol. The minimum Gasteiger partial charge on any atom is -0.314 e. The second-order valence-corrected chi connectivity index (χ2v) is 4.59. The van der Waals surface area contributed by atoms with Crippen molar-refractivity contribution in [3.63, 3.8) is 0 Å². The van der Waals surface area contributed by atoms with Gasteiger partial charge in [0.1, 0.15) is 0 Å². The van der Waals surface area contributed by atoms with E-state index < -0.39 is 0 Å². The molecule has 0 radical (unpaired) electrons. The van der Waals surface area contributed by atoms with E-state index >= 15 is 0 Å². The van der Waals surface area contributed by atoms with Gasteiger partial charge in [0.25, 0.3) is 0 Å². The van der Waals surface area contributed by atoms with Crippen molar-refractivity contribution in [1.82, 2.24) is 10.6 Å². The first kappa shape index (κ1) is 11.0. The second-order valence-electron chi connectivity index (χ2n) is 4.59. The highest BCUT2D eigenvalue weighted by atomic mass is 15.0. The van der Waals surface area contributed by atoms with Gasteiger partial charge in [-0.25, -0.2) is 0 Å². The predicted octanol–water partition coefficient (Wildman–Crippen LogP) is 1.91. The van der Waals surface area contributed by atoms with Gasteiger partial charge >= 0.3 is 0 Å². The van der Waals surface area contributed by atoms with Gasteiger partial charge in [-0.1, -0.05) is 6.92 Å². The lowest BCUT2D eigenvalue weighted by Crippen LogP contribution is -2.49. The fourth-order valence-corrected chi connectivity index (χ4v) is 1.92. The summed E-state index contributed by atoms with van der Waals surface area (Å²) in [6.07, 6.45) is 5.38. The summed E-state index contributed by atoms with van der Waals surface area (Å²) in [4.78, 5) is 0. The van der Waals surface area contributed by atoms with E-state index in [2.05, 4.69) is 31.4 Å². The summed E-state index contributed by atoms with van der Waals surface area (Å²) in [6, 6.07) is 0.654. The predicted molar refractivity (Wildman–Crippen MR) is 58.0 cm³/mol. The van der Waals surface area contributed by atoms with E-state index in [9.17, 15) is 0 Å². The van der Waals surface area contributed by atoms with Gasteiger partial charge in [0.15, 0.2) is 0 Å². The Kier molecular flexibility index (Phi) is 4.20. The Balaban J connectivity index is 1.99. The summed E-state index contributed by atoms with van der Waals surface area (Å²) in [5, 5.41) is 7.07. The third-order valence-electron chi connectivity index (χ3n) is 3.14. The zero-order chi connectivity index (χ0) is 9.73. The van der Waals surface area contributed by atoms with Crippen LogP contribution in [0.25, 0.3) is 0 Å². The number of hydrogen-bond donors (Lipinski definition) is 2. The molecule has 0 aliphatic heterocycles. The van der Waals surface area contributed by atoms with E-state index in [4.69, 9.17) is 0 Å². The molecule has 0 saturated heterocycles. The van der Waals surface area contributed by atoms with Crippen LogP contribution in [0.2, 0.25) is 0 Å². The van der Waals surface area contributed by atoms with Crippen molar-refractivity contribution in [1.29, 1.82) is 0 Å². The third kappa shape index (κ3) is 3.65.